The van der Waals surface area contributed by atoms with Crippen molar-refractivity contribution in [3.8, 4) is 0 Å². The Balaban J connectivity index is 2.55. The predicted octanol–water partition coefficient (Wildman–Crippen LogP) is 0.279. The minimum absolute atomic E-state index is 0.0838. The van der Waals surface area contributed by atoms with E-state index in [-0.39, 0.29) is 5.75 Å². The lowest BCUT2D eigenvalue weighted by Crippen LogP contribution is -2.29. The minimum Gasteiger partial charge on any atom is -0.398 e. The fourth-order valence-corrected chi connectivity index (χ4v) is 2.26. The fourth-order valence-electron chi connectivity index (χ4n) is 1.62. The first-order chi connectivity index (χ1) is 8.29. The molecular formula is C12H20N2O3S. The second-order valence-electron chi connectivity index (χ2n) is 4.54. The second-order valence-corrected chi connectivity index (χ2v) is 6.80. The zero-order valence-electron chi connectivity index (χ0n) is 10.7. The van der Waals surface area contributed by atoms with E-state index in [1.54, 1.807) is 30.1 Å². The highest BCUT2D eigenvalue weighted by Gasteiger charge is 2.14. The molecule has 0 fully saturated rings. The number of sulfone groups is 1. The minimum atomic E-state index is -2.98. The van der Waals surface area contributed by atoms with Crippen molar-refractivity contribution in [3.05, 3.63) is 29.8 Å². The van der Waals surface area contributed by atoms with Gasteiger partial charge >= 0.3 is 0 Å². The van der Waals surface area contributed by atoms with Crippen LogP contribution in [0.5, 0.6) is 0 Å². The lowest BCUT2D eigenvalue weighted by atomic mass is 10.1. The molecule has 1 unspecified atom stereocenters. The fraction of sp³-hybridized carbons (Fsp3) is 0.500. The van der Waals surface area contributed by atoms with Crippen molar-refractivity contribution in [2.75, 3.05) is 37.9 Å². The van der Waals surface area contributed by atoms with Crippen LogP contribution in [0, 0.1) is 0 Å². The molecular weight excluding hydrogens is 252 g/mol. The first kappa shape index (κ1) is 14.9. The molecule has 1 aromatic carbocycles. The smallest absolute Gasteiger partial charge is 0.148 e. The highest BCUT2D eigenvalue weighted by molar-refractivity contribution is 7.90. The number of benzene rings is 1. The molecule has 18 heavy (non-hydrogen) atoms. The van der Waals surface area contributed by atoms with Crippen LogP contribution in [0.1, 0.15) is 11.7 Å². The van der Waals surface area contributed by atoms with Crippen LogP contribution in [0.4, 0.5) is 5.69 Å². The van der Waals surface area contributed by atoms with Crippen LogP contribution in [-0.4, -0.2) is 50.6 Å². The summed E-state index contributed by atoms with van der Waals surface area (Å²) in [6.45, 7) is 0.742. The molecule has 0 bridgehead atoms. The maximum absolute atomic E-state index is 11.0. The molecule has 5 nitrogen and oxygen atoms in total. The molecule has 0 amide bonds. The summed E-state index contributed by atoms with van der Waals surface area (Å²) in [6, 6.07) is 7.11. The van der Waals surface area contributed by atoms with Crippen molar-refractivity contribution in [2.24, 2.45) is 0 Å². The van der Waals surface area contributed by atoms with Crippen LogP contribution >= 0.6 is 0 Å². The van der Waals surface area contributed by atoms with Crippen molar-refractivity contribution in [1.29, 1.82) is 0 Å². The lowest BCUT2D eigenvalue weighted by molar-refractivity contribution is 0.130. The number of rotatable bonds is 6. The first-order valence-corrected chi connectivity index (χ1v) is 7.74. The number of aliphatic hydroxyl groups is 1. The van der Waals surface area contributed by atoms with Gasteiger partial charge < -0.3 is 15.7 Å². The van der Waals surface area contributed by atoms with E-state index in [1.165, 1.54) is 6.26 Å². The summed E-state index contributed by atoms with van der Waals surface area (Å²) < 4.78 is 22.1. The quantitative estimate of drug-likeness (QED) is 0.727. The van der Waals surface area contributed by atoms with Crippen molar-refractivity contribution in [3.63, 3.8) is 0 Å². The number of anilines is 1. The van der Waals surface area contributed by atoms with Crippen LogP contribution in [0.25, 0.3) is 0 Å². The highest BCUT2D eigenvalue weighted by atomic mass is 32.2. The molecule has 0 saturated carbocycles. The predicted molar refractivity (Wildman–Crippen MR) is 73.0 cm³/mol. The lowest BCUT2D eigenvalue weighted by Gasteiger charge is -2.21. The molecule has 0 radical (unpaired) electrons. The Morgan fingerprint density at radius 3 is 2.56 bits per heavy atom. The number of hydrogen-bond donors (Lipinski definition) is 2. The van der Waals surface area contributed by atoms with Gasteiger partial charge in [0.15, 0.2) is 0 Å². The number of nitrogen functional groups attached to an aromatic ring is 1. The van der Waals surface area contributed by atoms with Crippen LogP contribution in [0.3, 0.4) is 0 Å². The van der Waals surface area contributed by atoms with Crippen molar-refractivity contribution < 1.29 is 13.5 Å². The number of likely N-dealkylation sites (N-methyl/N-ethyl adjacent to an activating group) is 1. The van der Waals surface area contributed by atoms with Gasteiger partial charge in [-0.1, -0.05) is 18.2 Å². The molecule has 6 heteroatoms. The van der Waals surface area contributed by atoms with Crippen molar-refractivity contribution >= 4 is 15.5 Å². The van der Waals surface area contributed by atoms with Gasteiger partial charge in [0.25, 0.3) is 0 Å². The molecule has 102 valence electrons. The average molecular weight is 272 g/mol. The van der Waals surface area contributed by atoms with E-state index in [9.17, 15) is 13.5 Å². The van der Waals surface area contributed by atoms with E-state index < -0.39 is 15.9 Å². The number of nitrogens with two attached hydrogens (primary N) is 1. The molecule has 0 aliphatic carbocycles. The monoisotopic (exact) mass is 272 g/mol. The van der Waals surface area contributed by atoms with Gasteiger partial charge in [0.1, 0.15) is 9.84 Å². The second kappa shape index (κ2) is 6.17. The summed E-state index contributed by atoms with van der Waals surface area (Å²) in [5, 5.41) is 10.0. The molecule has 0 aliphatic rings. The Bertz CT molecular complexity index is 488. The summed E-state index contributed by atoms with van der Waals surface area (Å²) in [7, 11) is -1.20. The van der Waals surface area contributed by atoms with E-state index in [0.717, 1.165) is 0 Å². The number of nitrogens with zero attached hydrogens (tertiary/aromatic N) is 1. The van der Waals surface area contributed by atoms with Crippen LogP contribution in [0.2, 0.25) is 0 Å². The normalized spacial score (nSPS) is 13.8. The Hall–Kier alpha value is -1.11. The zero-order valence-corrected chi connectivity index (χ0v) is 11.5. The van der Waals surface area contributed by atoms with Crippen LogP contribution in [0.15, 0.2) is 24.3 Å². The number of aliphatic hydroxyl groups excluding tert-OH is 1. The van der Waals surface area contributed by atoms with Gasteiger partial charge in [-0.3, -0.25) is 0 Å². The van der Waals surface area contributed by atoms with E-state index in [0.29, 0.717) is 24.3 Å². The van der Waals surface area contributed by atoms with E-state index >= 15 is 0 Å². The summed E-state index contributed by atoms with van der Waals surface area (Å²) in [5.41, 5.74) is 6.98. The van der Waals surface area contributed by atoms with Crippen LogP contribution < -0.4 is 5.73 Å². The third kappa shape index (κ3) is 5.03. The topological polar surface area (TPSA) is 83.6 Å². The molecule has 0 saturated heterocycles. The molecule has 0 heterocycles. The number of para-hydroxylation sites is 1. The molecule has 1 atom stereocenters. The third-order valence-corrected chi connectivity index (χ3v) is 3.61. The Kier molecular flexibility index (Phi) is 5.13. The van der Waals surface area contributed by atoms with Gasteiger partial charge in [0, 0.05) is 30.6 Å². The first-order valence-electron chi connectivity index (χ1n) is 5.68. The molecule has 1 aromatic rings. The highest BCUT2D eigenvalue weighted by Crippen LogP contribution is 2.20. The largest absolute Gasteiger partial charge is 0.398 e. The van der Waals surface area contributed by atoms with E-state index in [1.807, 2.05) is 6.07 Å². The SMILES string of the molecule is CN(CCS(C)(=O)=O)CC(O)c1ccccc1N. The van der Waals surface area contributed by atoms with Gasteiger partial charge in [-0.2, -0.15) is 0 Å². The summed E-state index contributed by atoms with van der Waals surface area (Å²) >= 11 is 0. The van der Waals surface area contributed by atoms with Crippen molar-refractivity contribution in [2.45, 2.75) is 6.10 Å². The van der Waals surface area contributed by atoms with Crippen molar-refractivity contribution in [1.82, 2.24) is 4.90 Å². The number of hydrogen-bond acceptors (Lipinski definition) is 5. The zero-order chi connectivity index (χ0) is 13.8. The van der Waals surface area contributed by atoms with Crippen LogP contribution in [-0.2, 0) is 9.84 Å². The standard InChI is InChI=1S/C12H20N2O3S/c1-14(7-8-18(2,16)17)9-12(15)10-5-3-4-6-11(10)13/h3-6,12,15H,7-9,13H2,1-2H3. The Morgan fingerprint density at radius 1 is 1.39 bits per heavy atom. The molecule has 3 N–H and O–H groups in total. The Labute approximate surface area is 108 Å². The van der Waals surface area contributed by atoms with Gasteiger partial charge in [0.2, 0.25) is 0 Å². The summed E-state index contributed by atoms with van der Waals surface area (Å²) in [4.78, 5) is 1.78. The summed E-state index contributed by atoms with van der Waals surface area (Å²) in [6.07, 6.45) is 0.489. The van der Waals surface area contributed by atoms with Gasteiger partial charge in [-0.25, -0.2) is 8.42 Å². The van der Waals surface area contributed by atoms with E-state index in [2.05, 4.69) is 0 Å². The molecule has 1 rings (SSSR count). The van der Waals surface area contributed by atoms with E-state index in [4.69, 9.17) is 5.73 Å². The maximum atomic E-state index is 11.0. The Morgan fingerprint density at radius 2 is 2.00 bits per heavy atom. The molecule has 0 aliphatic heterocycles. The summed E-state index contributed by atoms with van der Waals surface area (Å²) in [5.74, 6) is 0.0838. The van der Waals surface area contributed by atoms with Gasteiger partial charge in [-0.15, -0.1) is 0 Å². The van der Waals surface area contributed by atoms with Gasteiger partial charge in [-0.05, 0) is 13.1 Å². The average Bonchev–Trinajstić information content (AvgIpc) is 2.26. The molecule has 0 spiro atoms. The third-order valence-electron chi connectivity index (χ3n) is 2.68. The van der Waals surface area contributed by atoms with Gasteiger partial charge in [0.05, 0.1) is 11.9 Å². The maximum Gasteiger partial charge on any atom is 0.148 e. The molecule has 0 aromatic heterocycles.